The Morgan fingerprint density at radius 2 is 1.94 bits per heavy atom. The van der Waals surface area contributed by atoms with Crippen molar-refractivity contribution in [3.8, 4) is 16.3 Å². The number of halogens is 2. The number of nitrogens with zero attached hydrogens (tertiary/aromatic N) is 1. The van der Waals surface area contributed by atoms with Crippen LogP contribution in [0.15, 0.2) is 29.6 Å². The van der Waals surface area contributed by atoms with Gasteiger partial charge in [0.2, 0.25) is 0 Å². The first-order chi connectivity index (χ1) is 7.70. The normalized spacial score (nSPS) is 10.8. The summed E-state index contributed by atoms with van der Waals surface area (Å²) >= 11 is 1.21. The maximum absolute atomic E-state index is 12.3. The van der Waals surface area contributed by atoms with Gasteiger partial charge in [-0.15, -0.1) is 11.3 Å². The second-order valence-electron chi connectivity index (χ2n) is 3.11. The van der Waals surface area contributed by atoms with Gasteiger partial charge in [-0.2, -0.15) is 0 Å². The molecule has 84 valence electrons. The fourth-order valence-electron chi connectivity index (χ4n) is 1.25. The molecule has 0 unspecified atom stereocenters. The molecular weight excluding hydrogens is 232 g/mol. The van der Waals surface area contributed by atoms with E-state index in [0.29, 0.717) is 5.01 Å². The Hall–Kier alpha value is -1.49. The van der Waals surface area contributed by atoms with E-state index in [4.69, 9.17) is 4.74 Å². The minimum absolute atomic E-state index is 0.171. The van der Waals surface area contributed by atoms with Gasteiger partial charge in [-0.1, -0.05) is 0 Å². The molecule has 0 atom stereocenters. The van der Waals surface area contributed by atoms with Crippen molar-refractivity contribution in [3.05, 3.63) is 35.3 Å². The number of alkyl halides is 2. The Bertz CT molecular complexity index is 467. The predicted octanol–water partition coefficient (Wildman–Crippen LogP) is 3.76. The van der Waals surface area contributed by atoms with Crippen molar-refractivity contribution >= 4 is 11.3 Å². The van der Waals surface area contributed by atoms with Gasteiger partial charge in [0.05, 0.1) is 7.11 Å². The summed E-state index contributed by atoms with van der Waals surface area (Å²) in [4.78, 5) is 3.86. The lowest BCUT2D eigenvalue weighted by molar-refractivity contribution is 0.147. The molecule has 0 spiro atoms. The minimum atomic E-state index is -2.51. The number of aromatic nitrogens is 1. The lowest BCUT2D eigenvalue weighted by atomic mass is 10.2. The number of rotatable bonds is 3. The summed E-state index contributed by atoms with van der Waals surface area (Å²) in [5, 5.41) is 1.97. The minimum Gasteiger partial charge on any atom is -0.497 e. The summed E-state index contributed by atoms with van der Waals surface area (Å²) in [7, 11) is 1.58. The van der Waals surface area contributed by atoms with Crippen molar-refractivity contribution in [2.24, 2.45) is 0 Å². The molecule has 0 fully saturated rings. The van der Waals surface area contributed by atoms with Crippen molar-refractivity contribution in [1.82, 2.24) is 4.98 Å². The SMILES string of the molecule is COc1ccc(-c2nc(C(F)F)cs2)cc1. The third kappa shape index (κ3) is 2.19. The quantitative estimate of drug-likeness (QED) is 0.816. The van der Waals surface area contributed by atoms with E-state index in [1.807, 2.05) is 0 Å². The number of ether oxygens (including phenoxy) is 1. The van der Waals surface area contributed by atoms with Gasteiger partial charge in [0.15, 0.2) is 0 Å². The standard InChI is InChI=1S/C11H9F2NOS/c1-15-8-4-2-7(3-5-8)11-14-9(6-16-11)10(12)13/h2-6,10H,1H3. The van der Waals surface area contributed by atoms with Gasteiger partial charge >= 0.3 is 0 Å². The van der Waals surface area contributed by atoms with Crippen LogP contribution in [0.3, 0.4) is 0 Å². The predicted molar refractivity (Wildman–Crippen MR) is 59.1 cm³/mol. The number of thiazole rings is 1. The number of benzene rings is 1. The van der Waals surface area contributed by atoms with Crippen molar-refractivity contribution in [2.45, 2.75) is 6.43 Å². The first-order valence-electron chi connectivity index (χ1n) is 4.58. The van der Waals surface area contributed by atoms with Gasteiger partial charge in [-0.3, -0.25) is 0 Å². The Morgan fingerprint density at radius 3 is 2.44 bits per heavy atom. The molecule has 0 radical (unpaired) electrons. The van der Waals surface area contributed by atoms with Crippen LogP contribution in [0.5, 0.6) is 5.75 Å². The average Bonchev–Trinajstić information content (AvgIpc) is 2.78. The maximum Gasteiger partial charge on any atom is 0.281 e. The smallest absolute Gasteiger partial charge is 0.281 e. The lowest BCUT2D eigenvalue weighted by Gasteiger charge is -2.00. The molecule has 1 heterocycles. The highest BCUT2D eigenvalue weighted by Gasteiger charge is 2.12. The zero-order chi connectivity index (χ0) is 11.5. The van der Waals surface area contributed by atoms with Crippen LogP contribution in [-0.4, -0.2) is 12.1 Å². The molecular formula is C11H9F2NOS. The summed E-state index contributed by atoms with van der Waals surface area (Å²) in [6.45, 7) is 0. The molecule has 0 aliphatic heterocycles. The molecule has 5 heteroatoms. The fraction of sp³-hybridized carbons (Fsp3) is 0.182. The Labute approximate surface area is 95.5 Å². The summed E-state index contributed by atoms with van der Waals surface area (Å²) < 4.78 is 29.7. The molecule has 1 aromatic carbocycles. The maximum atomic E-state index is 12.3. The van der Waals surface area contributed by atoms with Crippen molar-refractivity contribution < 1.29 is 13.5 Å². The van der Waals surface area contributed by atoms with Crippen LogP contribution >= 0.6 is 11.3 Å². The third-order valence-electron chi connectivity index (χ3n) is 2.08. The van der Waals surface area contributed by atoms with Crippen molar-refractivity contribution in [3.63, 3.8) is 0 Å². The molecule has 0 bridgehead atoms. The molecule has 0 saturated carbocycles. The summed E-state index contributed by atoms with van der Waals surface area (Å²) in [5.74, 6) is 0.731. The van der Waals surface area contributed by atoms with Crippen LogP contribution in [-0.2, 0) is 0 Å². The summed E-state index contributed by atoms with van der Waals surface area (Å²) in [6.07, 6.45) is -2.51. The largest absolute Gasteiger partial charge is 0.497 e. The van der Waals surface area contributed by atoms with E-state index in [0.717, 1.165) is 11.3 Å². The Kier molecular flexibility index (Phi) is 3.14. The zero-order valence-electron chi connectivity index (χ0n) is 8.48. The molecule has 0 N–H and O–H groups in total. The lowest BCUT2D eigenvalue weighted by Crippen LogP contribution is -1.85. The van der Waals surface area contributed by atoms with Crippen LogP contribution < -0.4 is 4.74 Å². The molecule has 1 aromatic heterocycles. The number of methoxy groups -OCH3 is 1. The molecule has 0 saturated heterocycles. The molecule has 2 rings (SSSR count). The monoisotopic (exact) mass is 241 g/mol. The van der Waals surface area contributed by atoms with Crippen LogP contribution in [0.2, 0.25) is 0 Å². The van der Waals surface area contributed by atoms with E-state index in [2.05, 4.69) is 4.98 Å². The number of hydrogen-bond donors (Lipinski definition) is 0. The fourth-order valence-corrected chi connectivity index (χ4v) is 2.07. The summed E-state index contributed by atoms with van der Waals surface area (Å²) in [5.41, 5.74) is 0.647. The highest BCUT2D eigenvalue weighted by atomic mass is 32.1. The van der Waals surface area contributed by atoms with E-state index in [1.54, 1.807) is 31.4 Å². The second-order valence-corrected chi connectivity index (χ2v) is 3.96. The van der Waals surface area contributed by atoms with Crippen LogP contribution in [0.4, 0.5) is 8.78 Å². The van der Waals surface area contributed by atoms with E-state index < -0.39 is 6.43 Å². The topological polar surface area (TPSA) is 22.1 Å². The van der Waals surface area contributed by atoms with E-state index in [-0.39, 0.29) is 5.69 Å². The Balaban J connectivity index is 2.28. The van der Waals surface area contributed by atoms with Gasteiger partial charge < -0.3 is 4.74 Å². The van der Waals surface area contributed by atoms with E-state index >= 15 is 0 Å². The van der Waals surface area contributed by atoms with E-state index in [1.165, 1.54) is 16.7 Å². The van der Waals surface area contributed by atoms with Crippen molar-refractivity contribution in [1.29, 1.82) is 0 Å². The molecule has 0 amide bonds. The van der Waals surface area contributed by atoms with Gasteiger partial charge in [0.25, 0.3) is 6.43 Å². The zero-order valence-corrected chi connectivity index (χ0v) is 9.30. The van der Waals surface area contributed by atoms with Crippen molar-refractivity contribution in [2.75, 3.05) is 7.11 Å². The summed E-state index contributed by atoms with van der Waals surface area (Å²) in [6, 6.07) is 7.15. The highest BCUT2D eigenvalue weighted by molar-refractivity contribution is 7.13. The Morgan fingerprint density at radius 1 is 1.25 bits per heavy atom. The molecule has 16 heavy (non-hydrogen) atoms. The third-order valence-corrected chi connectivity index (χ3v) is 2.99. The number of hydrogen-bond acceptors (Lipinski definition) is 3. The highest BCUT2D eigenvalue weighted by Crippen LogP contribution is 2.29. The van der Waals surface area contributed by atoms with Crippen LogP contribution in [0, 0.1) is 0 Å². The average molecular weight is 241 g/mol. The molecule has 2 aromatic rings. The first kappa shape index (κ1) is 11.0. The van der Waals surface area contributed by atoms with Crippen LogP contribution in [0.25, 0.3) is 10.6 Å². The van der Waals surface area contributed by atoms with E-state index in [9.17, 15) is 8.78 Å². The second kappa shape index (κ2) is 4.57. The van der Waals surface area contributed by atoms with Gasteiger partial charge in [0.1, 0.15) is 16.5 Å². The van der Waals surface area contributed by atoms with Gasteiger partial charge in [-0.25, -0.2) is 13.8 Å². The van der Waals surface area contributed by atoms with Gasteiger partial charge in [-0.05, 0) is 24.3 Å². The molecule has 0 aliphatic rings. The molecule has 2 nitrogen and oxygen atoms in total. The molecule has 0 aliphatic carbocycles. The van der Waals surface area contributed by atoms with Crippen LogP contribution in [0.1, 0.15) is 12.1 Å². The van der Waals surface area contributed by atoms with Gasteiger partial charge in [0, 0.05) is 10.9 Å². The first-order valence-corrected chi connectivity index (χ1v) is 5.46.